The highest BCUT2D eigenvalue weighted by molar-refractivity contribution is 7.14. The molecule has 3 aliphatic rings. The number of aromatic nitrogens is 1. The maximum Gasteiger partial charge on any atom is 0.283 e. The van der Waals surface area contributed by atoms with Crippen molar-refractivity contribution in [3.63, 3.8) is 0 Å². The van der Waals surface area contributed by atoms with E-state index in [-0.39, 0.29) is 29.9 Å². The van der Waals surface area contributed by atoms with Crippen molar-refractivity contribution in [3.05, 3.63) is 9.88 Å². The molecule has 4 rings (SSSR count). The van der Waals surface area contributed by atoms with Gasteiger partial charge in [-0.15, -0.1) is 11.3 Å². The summed E-state index contributed by atoms with van der Waals surface area (Å²) in [5.41, 5.74) is 0. The molecule has 2 atom stereocenters. The number of aryl methyl sites for hydroxylation is 1. The first-order chi connectivity index (χ1) is 11.5. The van der Waals surface area contributed by atoms with Crippen molar-refractivity contribution in [2.75, 3.05) is 24.5 Å². The molecule has 0 unspecified atom stereocenters. The quantitative estimate of drug-likeness (QED) is 0.820. The van der Waals surface area contributed by atoms with Crippen LogP contribution in [0, 0.1) is 5.92 Å². The number of anilines is 1. The maximum atomic E-state index is 12.8. The molecule has 6 nitrogen and oxygen atoms in total. The highest BCUT2D eigenvalue weighted by Crippen LogP contribution is 2.37. The number of hydrogen-bond acceptors (Lipinski definition) is 5. The highest BCUT2D eigenvalue weighted by Gasteiger charge is 2.38. The molecule has 1 aliphatic carbocycles. The van der Waals surface area contributed by atoms with Gasteiger partial charge in [0.25, 0.3) is 5.91 Å². The zero-order chi connectivity index (χ0) is 16.8. The van der Waals surface area contributed by atoms with Crippen molar-refractivity contribution in [3.8, 4) is 0 Å². The Kier molecular flexibility index (Phi) is 4.08. The molecule has 130 valence electrons. The number of thiazole rings is 1. The Hall–Kier alpha value is -1.47. The van der Waals surface area contributed by atoms with E-state index in [9.17, 15) is 9.59 Å². The van der Waals surface area contributed by atoms with Crippen LogP contribution in [0.3, 0.4) is 0 Å². The average Bonchev–Trinajstić information content (AvgIpc) is 3.30. The minimum atomic E-state index is -0.0322. The number of morpholine rings is 1. The predicted octanol–water partition coefficient (Wildman–Crippen LogP) is 2.08. The standard InChI is InChI=1S/C17H23N3O3S/c1-10-8-19(9-11(2)23-10)17(22)15-18-14-13(24-15)4-3-7-20(14)16(21)12-5-6-12/h10-12H,3-9H2,1-2H3/t10-,11-/m0/s1. The van der Waals surface area contributed by atoms with Crippen LogP contribution in [0.25, 0.3) is 0 Å². The number of hydrogen-bond donors (Lipinski definition) is 0. The largest absolute Gasteiger partial charge is 0.372 e. The predicted molar refractivity (Wildman–Crippen MR) is 91.4 cm³/mol. The van der Waals surface area contributed by atoms with Gasteiger partial charge < -0.3 is 9.64 Å². The zero-order valence-electron chi connectivity index (χ0n) is 14.2. The minimum absolute atomic E-state index is 0.0322. The Labute approximate surface area is 145 Å². The van der Waals surface area contributed by atoms with E-state index in [2.05, 4.69) is 4.98 Å². The van der Waals surface area contributed by atoms with Crippen LogP contribution in [-0.4, -0.2) is 53.5 Å². The molecule has 1 saturated carbocycles. The molecule has 0 N–H and O–H groups in total. The maximum absolute atomic E-state index is 12.8. The second-order valence-corrected chi connectivity index (χ2v) is 8.18. The summed E-state index contributed by atoms with van der Waals surface area (Å²) in [5.74, 6) is 1.07. The van der Waals surface area contributed by atoms with E-state index in [1.165, 1.54) is 11.3 Å². The summed E-state index contributed by atoms with van der Waals surface area (Å²) in [6, 6.07) is 0. The van der Waals surface area contributed by atoms with Gasteiger partial charge in [-0.25, -0.2) is 4.98 Å². The van der Waals surface area contributed by atoms with Crippen molar-refractivity contribution in [2.24, 2.45) is 5.92 Å². The number of carbonyl (C=O) groups is 2. The molecule has 24 heavy (non-hydrogen) atoms. The molecule has 2 aliphatic heterocycles. The number of nitrogens with zero attached hydrogens (tertiary/aromatic N) is 3. The topological polar surface area (TPSA) is 62.7 Å². The second kappa shape index (κ2) is 6.11. The highest BCUT2D eigenvalue weighted by atomic mass is 32.1. The molecule has 1 aromatic heterocycles. The Bertz CT molecular complexity index is 660. The fourth-order valence-electron chi connectivity index (χ4n) is 3.56. The summed E-state index contributed by atoms with van der Waals surface area (Å²) in [5, 5.41) is 0.511. The average molecular weight is 349 g/mol. The third-order valence-electron chi connectivity index (χ3n) is 4.80. The number of rotatable bonds is 2. The van der Waals surface area contributed by atoms with E-state index in [0.29, 0.717) is 18.1 Å². The van der Waals surface area contributed by atoms with E-state index in [0.717, 1.165) is 42.9 Å². The van der Waals surface area contributed by atoms with Gasteiger partial charge in [-0.2, -0.15) is 0 Å². The summed E-state index contributed by atoms with van der Waals surface area (Å²) >= 11 is 1.46. The number of amides is 2. The fourth-order valence-corrected chi connectivity index (χ4v) is 4.63. The first kappa shape index (κ1) is 16.0. The van der Waals surface area contributed by atoms with Gasteiger partial charge in [0.15, 0.2) is 5.01 Å². The Morgan fingerprint density at radius 3 is 2.58 bits per heavy atom. The van der Waals surface area contributed by atoms with Gasteiger partial charge >= 0.3 is 0 Å². The van der Waals surface area contributed by atoms with Crippen LogP contribution in [0.5, 0.6) is 0 Å². The molecule has 0 aromatic carbocycles. The van der Waals surface area contributed by atoms with Gasteiger partial charge in [0.05, 0.1) is 12.2 Å². The van der Waals surface area contributed by atoms with E-state index in [1.54, 1.807) is 0 Å². The van der Waals surface area contributed by atoms with Crippen LogP contribution >= 0.6 is 11.3 Å². The Morgan fingerprint density at radius 2 is 1.92 bits per heavy atom. The van der Waals surface area contributed by atoms with Crippen LogP contribution in [-0.2, 0) is 16.0 Å². The van der Waals surface area contributed by atoms with Crippen molar-refractivity contribution >= 4 is 29.0 Å². The van der Waals surface area contributed by atoms with Crippen molar-refractivity contribution < 1.29 is 14.3 Å². The van der Waals surface area contributed by atoms with Crippen LogP contribution in [0.1, 0.15) is 47.8 Å². The molecule has 2 fully saturated rings. The van der Waals surface area contributed by atoms with Gasteiger partial charge in [0.1, 0.15) is 5.82 Å². The monoisotopic (exact) mass is 349 g/mol. The van der Waals surface area contributed by atoms with Crippen LogP contribution < -0.4 is 4.90 Å². The summed E-state index contributed by atoms with van der Waals surface area (Å²) in [7, 11) is 0. The van der Waals surface area contributed by atoms with Crippen LogP contribution in [0.2, 0.25) is 0 Å². The molecule has 0 spiro atoms. The molecule has 0 radical (unpaired) electrons. The molecule has 2 amide bonds. The molecular formula is C17H23N3O3S. The lowest BCUT2D eigenvalue weighted by Crippen LogP contribution is -2.48. The fraction of sp³-hybridized carbons (Fsp3) is 0.706. The summed E-state index contributed by atoms with van der Waals surface area (Å²) in [4.78, 5) is 34.6. The minimum Gasteiger partial charge on any atom is -0.372 e. The van der Waals surface area contributed by atoms with Crippen molar-refractivity contribution in [2.45, 2.75) is 51.7 Å². The zero-order valence-corrected chi connectivity index (χ0v) is 15.0. The molecule has 7 heteroatoms. The lowest BCUT2D eigenvalue weighted by Gasteiger charge is -2.34. The summed E-state index contributed by atoms with van der Waals surface area (Å²) in [6.45, 7) is 5.89. The third kappa shape index (κ3) is 2.95. The number of fused-ring (bicyclic) bond motifs is 1. The van der Waals surface area contributed by atoms with E-state index < -0.39 is 0 Å². The SMILES string of the molecule is C[C@H]1CN(C(=O)c2nc3c(s2)CCCN3C(=O)C2CC2)C[C@H](C)O1. The van der Waals surface area contributed by atoms with Crippen LogP contribution in [0.4, 0.5) is 5.82 Å². The summed E-state index contributed by atoms with van der Waals surface area (Å²) in [6.07, 6.45) is 3.92. The molecular weight excluding hydrogens is 326 g/mol. The van der Waals surface area contributed by atoms with E-state index in [1.807, 2.05) is 23.6 Å². The van der Waals surface area contributed by atoms with Gasteiger partial charge in [-0.05, 0) is 39.5 Å². The van der Waals surface area contributed by atoms with Gasteiger partial charge in [-0.1, -0.05) is 0 Å². The molecule has 1 saturated heterocycles. The van der Waals surface area contributed by atoms with Gasteiger partial charge in [-0.3, -0.25) is 14.5 Å². The lowest BCUT2D eigenvalue weighted by atomic mass is 10.1. The van der Waals surface area contributed by atoms with Gasteiger partial charge in [0.2, 0.25) is 5.91 Å². The number of ether oxygens (including phenoxy) is 1. The molecule has 1 aromatic rings. The van der Waals surface area contributed by atoms with Crippen LogP contribution in [0.15, 0.2) is 0 Å². The smallest absolute Gasteiger partial charge is 0.283 e. The molecule has 0 bridgehead atoms. The number of carbonyl (C=O) groups excluding carboxylic acids is 2. The van der Waals surface area contributed by atoms with Crippen molar-refractivity contribution in [1.82, 2.24) is 9.88 Å². The lowest BCUT2D eigenvalue weighted by molar-refractivity contribution is -0.119. The Balaban J connectivity index is 1.56. The second-order valence-electron chi connectivity index (χ2n) is 7.10. The first-order valence-corrected chi connectivity index (χ1v) is 9.60. The van der Waals surface area contributed by atoms with Crippen molar-refractivity contribution in [1.29, 1.82) is 0 Å². The molecule has 3 heterocycles. The van der Waals surface area contributed by atoms with Gasteiger partial charge in [0, 0.05) is 30.4 Å². The Morgan fingerprint density at radius 1 is 1.21 bits per heavy atom. The normalized spacial score (nSPS) is 27.1. The van der Waals surface area contributed by atoms with E-state index in [4.69, 9.17) is 4.74 Å². The summed E-state index contributed by atoms with van der Waals surface area (Å²) < 4.78 is 5.70. The third-order valence-corrected chi connectivity index (χ3v) is 5.89. The first-order valence-electron chi connectivity index (χ1n) is 8.78. The van der Waals surface area contributed by atoms with E-state index >= 15 is 0 Å².